The molecule has 0 aliphatic rings. The topological polar surface area (TPSA) is 26.0 Å². The molecule has 2 aromatic rings. The van der Waals surface area contributed by atoms with Gasteiger partial charge in [-0.1, -0.05) is 33.6 Å². The zero-order valence-electron chi connectivity index (χ0n) is 9.71. The fraction of sp³-hybridized carbons (Fsp3) is 0.231. The average molecular weight is 349 g/mol. The van der Waals surface area contributed by atoms with Crippen LogP contribution >= 0.6 is 38.9 Å². The minimum Gasteiger partial charge on any atom is -0.323 e. The van der Waals surface area contributed by atoms with Crippen LogP contribution in [0.2, 0.25) is 5.02 Å². The quantitative estimate of drug-likeness (QED) is 0.842. The van der Waals surface area contributed by atoms with Crippen molar-refractivity contribution in [3.63, 3.8) is 0 Å². The van der Waals surface area contributed by atoms with Gasteiger partial charge in [0.15, 0.2) is 0 Å². The number of rotatable bonds is 3. The summed E-state index contributed by atoms with van der Waals surface area (Å²) < 4.78 is 13.7. The Morgan fingerprint density at radius 2 is 2.22 bits per heavy atom. The highest BCUT2D eigenvalue weighted by molar-refractivity contribution is 9.10. The van der Waals surface area contributed by atoms with Gasteiger partial charge in [0.2, 0.25) is 0 Å². The lowest BCUT2D eigenvalue weighted by atomic mass is 10.0. The molecule has 0 fully saturated rings. The summed E-state index contributed by atoms with van der Waals surface area (Å²) in [4.78, 5) is 0.977. The normalized spacial score (nSPS) is 12.7. The lowest BCUT2D eigenvalue weighted by molar-refractivity contribution is 0.624. The summed E-state index contributed by atoms with van der Waals surface area (Å²) >= 11 is 11.1. The second kappa shape index (κ2) is 5.70. The van der Waals surface area contributed by atoms with Crippen molar-refractivity contribution in [2.24, 2.45) is 5.73 Å². The average Bonchev–Trinajstić information content (AvgIpc) is 2.64. The number of thiophene rings is 1. The zero-order chi connectivity index (χ0) is 13.3. The van der Waals surface area contributed by atoms with Gasteiger partial charge in [-0.15, -0.1) is 11.3 Å². The van der Waals surface area contributed by atoms with Crippen LogP contribution in [0.15, 0.2) is 28.1 Å². The molecule has 1 aromatic carbocycles. The fourth-order valence-electron chi connectivity index (χ4n) is 1.72. The maximum Gasteiger partial charge on any atom is 0.124 e. The molecule has 1 unspecified atom stereocenters. The summed E-state index contributed by atoms with van der Waals surface area (Å²) in [6, 6.07) is 4.46. The van der Waals surface area contributed by atoms with Crippen molar-refractivity contribution in [1.29, 1.82) is 0 Å². The minimum absolute atomic E-state index is 0.169. The molecule has 1 aromatic heterocycles. The molecule has 1 heterocycles. The van der Waals surface area contributed by atoms with E-state index in [-0.39, 0.29) is 11.9 Å². The molecule has 2 rings (SSSR count). The molecule has 0 amide bonds. The summed E-state index contributed by atoms with van der Waals surface area (Å²) in [6.45, 7) is 1.96. The van der Waals surface area contributed by atoms with Crippen LogP contribution in [0.25, 0.3) is 0 Å². The number of aryl methyl sites for hydroxylation is 1. The van der Waals surface area contributed by atoms with Gasteiger partial charge in [-0.25, -0.2) is 4.39 Å². The van der Waals surface area contributed by atoms with Crippen LogP contribution < -0.4 is 5.73 Å². The van der Waals surface area contributed by atoms with E-state index in [1.807, 2.05) is 12.3 Å². The van der Waals surface area contributed by atoms with Gasteiger partial charge in [-0.05, 0) is 42.0 Å². The third-order valence-corrected chi connectivity index (χ3v) is 5.30. The third kappa shape index (κ3) is 2.94. The largest absolute Gasteiger partial charge is 0.323 e. The molecular weight excluding hydrogens is 337 g/mol. The summed E-state index contributed by atoms with van der Waals surface area (Å²) in [5.74, 6) is -0.260. The number of halogens is 3. The van der Waals surface area contributed by atoms with Crippen LogP contribution in [-0.4, -0.2) is 0 Å². The second-order valence-corrected chi connectivity index (χ2v) is 6.29. The van der Waals surface area contributed by atoms with Gasteiger partial charge in [0.1, 0.15) is 5.82 Å². The van der Waals surface area contributed by atoms with Crippen molar-refractivity contribution in [2.75, 3.05) is 0 Å². The molecule has 96 valence electrons. The third-order valence-electron chi connectivity index (χ3n) is 2.72. The monoisotopic (exact) mass is 347 g/mol. The summed E-state index contributed by atoms with van der Waals surface area (Å²) in [7, 11) is 0. The Hall–Kier alpha value is -0.420. The Balaban J connectivity index is 2.21. The van der Waals surface area contributed by atoms with Crippen LogP contribution in [-0.2, 0) is 6.42 Å². The second-order valence-electron chi connectivity index (χ2n) is 4.14. The van der Waals surface area contributed by atoms with Crippen molar-refractivity contribution in [3.05, 3.63) is 54.9 Å². The van der Waals surface area contributed by atoms with E-state index in [4.69, 9.17) is 17.3 Å². The fourth-order valence-corrected chi connectivity index (χ4v) is 3.57. The molecule has 0 saturated carbocycles. The van der Waals surface area contributed by atoms with Gasteiger partial charge in [0, 0.05) is 15.4 Å². The number of nitrogens with two attached hydrogens (primary N) is 1. The van der Waals surface area contributed by atoms with Crippen molar-refractivity contribution in [2.45, 2.75) is 19.4 Å². The summed E-state index contributed by atoms with van der Waals surface area (Å²) in [6.07, 6.45) is 0.626. The lowest BCUT2D eigenvalue weighted by Gasteiger charge is -2.12. The predicted octanol–water partition coefficient (Wildman–Crippen LogP) is 4.85. The first-order valence-electron chi connectivity index (χ1n) is 5.42. The number of benzene rings is 1. The van der Waals surface area contributed by atoms with Crippen molar-refractivity contribution >= 4 is 38.9 Å². The Kier molecular flexibility index (Phi) is 4.43. The highest BCUT2D eigenvalue weighted by Gasteiger charge is 2.16. The van der Waals surface area contributed by atoms with Crippen molar-refractivity contribution in [1.82, 2.24) is 0 Å². The van der Waals surface area contributed by atoms with E-state index in [2.05, 4.69) is 15.9 Å². The predicted molar refractivity (Wildman–Crippen MR) is 78.8 cm³/mol. The molecule has 5 heteroatoms. The van der Waals surface area contributed by atoms with Gasteiger partial charge >= 0.3 is 0 Å². The van der Waals surface area contributed by atoms with E-state index in [0.29, 0.717) is 6.42 Å². The van der Waals surface area contributed by atoms with E-state index in [1.54, 1.807) is 17.4 Å². The Morgan fingerprint density at radius 3 is 2.78 bits per heavy atom. The van der Waals surface area contributed by atoms with Crippen LogP contribution in [0, 0.1) is 12.7 Å². The molecule has 2 N–H and O–H groups in total. The molecule has 18 heavy (non-hydrogen) atoms. The molecule has 1 atom stereocenters. The smallest absolute Gasteiger partial charge is 0.124 e. The van der Waals surface area contributed by atoms with Crippen molar-refractivity contribution in [3.8, 4) is 0 Å². The number of hydrogen-bond acceptors (Lipinski definition) is 2. The Morgan fingerprint density at radius 1 is 1.50 bits per heavy atom. The van der Waals surface area contributed by atoms with Crippen LogP contribution in [0.4, 0.5) is 4.39 Å². The zero-order valence-corrected chi connectivity index (χ0v) is 12.9. The van der Waals surface area contributed by atoms with Gasteiger partial charge in [0.05, 0.1) is 5.02 Å². The standard InChI is InChI=1S/C13H12BrClFNS/c1-7-6-18-13(12(7)15)11(17)4-8-2-3-9(16)5-10(8)14/h2-3,5-6,11H,4,17H2,1H3. The van der Waals surface area contributed by atoms with E-state index in [9.17, 15) is 4.39 Å². The number of hydrogen-bond donors (Lipinski definition) is 1. The van der Waals surface area contributed by atoms with Crippen LogP contribution in [0.3, 0.4) is 0 Å². The molecule has 0 aliphatic heterocycles. The summed E-state index contributed by atoms with van der Waals surface area (Å²) in [5.41, 5.74) is 8.18. The maximum absolute atomic E-state index is 13.0. The Bertz CT molecular complexity index is 570. The van der Waals surface area contributed by atoms with Crippen LogP contribution in [0.5, 0.6) is 0 Å². The summed E-state index contributed by atoms with van der Waals surface area (Å²) in [5, 5.41) is 2.74. The molecule has 0 spiro atoms. The SMILES string of the molecule is Cc1csc(C(N)Cc2ccc(F)cc2Br)c1Cl. The first-order valence-corrected chi connectivity index (χ1v) is 7.47. The highest BCUT2D eigenvalue weighted by atomic mass is 79.9. The van der Waals surface area contributed by atoms with Gasteiger partial charge < -0.3 is 5.73 Å². The van der Waals surface area contributed by atoms with E-state index < -0.39 is 0 Å². The van der Waals surface area contributed by atoms with Crippen LogP contribution in [0.1, 0.15) is 22.0 Å². The molecule has 0 saturated heterocycles. The lowest BCUT2D eigenvalue weighted by Crippen LogP contribution is -2.12. The van der Waals surface area contributed by atoms with E-state index >= 15 is 0 Å². The molecule has 0 radical (unpaired) electrons. The van der Waals surface area contributed by atoms with Gasteiger partial charge in [-0.3, -0.25) is 0 Å². The molecule has 0 aliphatic carbocycles. The first kappa shape index (κ1) is 14.0. The van der Waals surface area contributed by atoms with Gasteiger partial charge in [0.25, 0.3) is 0 Å². The van der Waals surface area contributed by atoms with Crippen molar-refractivity contribution < 1.29 is 4.39 Å². The van der Waals surface area contributed by atoms with E-state index in [1.165, 1.54) is 12.1 Å². The van der Waals surface area contributed by atoms with Gasteiger partial charge in [-0.2, -0.15) is 0 Å². The molecule has 0 bridgehead atoms. The molecule has 1 nitrogen and oxygen atoms in total. The highest BCUT2D eigenvalue weighted by Crippen LogP contribution is 2.33. The Labute approximate surface area is 123 Å². The first-order chi connectivity index (χ1) is 8.49. The van der Waals surface area contributed by atoms with E-state index in [0.717, 1.165) is 25.5 Å². The maximum atomic E-state index is 13.0. The minimum atomic E-state index is -0.260. The molecular formula is C13H12BrClFNS.